The normalized spacial score (nSPS) is 9.62. The Morgan fingerprint density at radius 2 is 1.54 bits per heavy atom. The van der Waals surface area contributed by atoms with Crippen LogP contribution in [0.15, 0.2) is 73.2 Å². The van der Waals surface area contributed by atoms with Crippen LogP contribution in [0.4, 0.5) is 8.78 Å². The van der Waals surface area contributed by atoms with E-state index in [4.69, 9.17) is 0 Å². The van der Waals surface area contributed by atoms with Gasteiger partial charge in [-0.15, -0.1) is 12.1 Å². The van der Waals surface area contributed by atoms with Crippen LogP contribution in [-0.2, 0) is 20.1 Å². The molecule has 1 radical (unpaired) electrons. The quantitative estimate of drug-likeness (QED) is 0.372. The molecule has 0 aliphatic heterocycles. The van der Waals surface area contributed by atoms with Crippen molar-refractivity contribution >= 4 is 0 Å². The molecule has 3 aromatic heterocycles. The van der Waals surface area contributed by atoms with Crippen molar-refractivity contribution in [2.24, 2.45) is 0 Å². The predicted octanol–water partition coefficient (Wildman–Crippen LogP) is 3.93. The van der Waals surface area contributed by atoms with Crippen molar-refractivity contribution in [3.63, 3.8) is 0 Å². The van der Waals surface area contributed by atoms with E-state index in [-0.39, 0.29) is 25.7 Å². The first kappa shape index (κ1) is 19.6. The topological polar surface area (TPSA) is 52.8 Å². The van der Waals surface area contributed by atoms with Crippen LogP contribution in [0.5, 0.6) is 0 Å². The fourth-order valence-corrected chi connectivity index (χ4v) is 2.04. The number of nitrogens with zero attached hydrogens (tertiary/aromatic N) is 4. The molecule has 0 amide bonds. The van der Waals surface area contributed by atoms with E-state index >= 15 is 0 Å². The van der Waals surface area contributed by atoms with Crippen LogP contribution in [0.2, 0.25) is 0 Å². The average Bonchev–Trinajstić information content (AvgIpc) is 3.19. The van der Waals surface area contributed by atoms with E-state index in [2.05, 4.69) is 26.2 Å². The molecule has 0 aliphatic rings. The Morgan fingerprint density at radius 1 is 0.846 bits per heavy atom. The van der Waals surface area contributed by atoms with Crippen molar-refractivity contribution in [1.29, 1.82) is 0 Å². The summed E-state index contributed by atoms with van der Waals surface area (Å²) >= 11 is 0. The molecule has 0 N–H and O–H groups in total. The van der Waals surface area contributed by atoms with E-state index in [1.807, 2.05) is 24.3 Å². The Hall–Kier alpha value is -2.76. The van der Waals surface area contributed by atoms with E-state index in [0.29, 0.717) is 5.69 Å². The molecular weight excluding hydrogens is 514 g/mol. The Bertz CT molecular complexity index is 917. The van der Waals surface area contributed by atoms with Crippen LogP contribution in [0.3, 0.4) is 0 Å². The minimum absolute atomic E-state index is 0. The smallest absolute Gasteiger partial charge is 0.0493 e. The largest absolute Gasteiger partial charge is 0.574 e. The van der Waals surface area contributed by atoms with Crippen LogP contribution in [-0.4, -0.2) is 15.1 Å². The zero-order valence-corrected chi connectivity index (χ0v) is 15.7. The van der Waals surface area contributed by atoms with Crippen LogP contribution in [0.25, 0.3) is 22.6 Å². The number of rotatable bonds is 2. The number of hydrogen-bond acceptors (Lipinski definition) is 3. The number of pyridine rings is 2. The summed E-state index contributed by atoms with van der Waals surface area (Å²) in [7, 11) is 0. The molecule has 0 aliphatic carbocycles. The fourth-order valence-electron chi connectivity index (χ4n) is 2.04. The molecule has 4 aromatic rings. The van der Waals surface area contributed by atoms with Gasteiger partial charge in [-0.2, -0.15) is 0 Å². The van der Waals surface area contributed by atoms with E-state index < -0.39 is 11.6 Å². The van der Waals surface area contributed by atoms with Crippen molar-refractivity contribution in [2.75, 3.05) is 0 Å². The molecule has 1 aromatic carbocycles. The van der Waals surface area contributed by atoms with E-state index in [1.54, 1.807) is 36.8 Å². The minimum atomic E-state index is -0.649. The van der Waals surface area contributed by atoms with Gasteiger partial charge in [0, 0.05) is 56.0 Å². The molecule has 0 fully saturated rings. The molecule has 0 saturated heterocycles. The molecule has 26 heavy (non-hydrogen) atoms. The second kappa shape index (κ2) is 9.65. The van der Waals surface area contributed by atoms with Crippen LogP contribution < -0.4 is 5.10 Å². The van der Waals surface area contributed by atoms with Crippen molar-refractivity contribution in [3.05, 3.63) is 90.9 Å². The maximum absolute atomic E-state index is 13.2. The van der Waals surface area contributed by atoms with Gasteiger partial charge < -0.3 is 15.2 Å². The SMILES string of the molecule is Fc1c[c-]c(-c2ccccn2)c(F)c1.[Ir].c1ccc(-c2ccn[n-]2)nc1. The monoisotopic (exact) mass is 527 g/mol. The van der Waals surface area contributed by atoms with Crippen LogP contribution in [0.1, 0.15) is 0 Å². The zero-order valence-electron chi connectivity index (χ0n) is 13.3. The molecule has 0 atom stereocenters. The Morgan fingerprint density at radius 3 is 2.08 bits per heavy atom. The molecular formula is C19H12F2IrN4-2. The minimum Gasteiger partial charge on any atom is -0.574 e. The van der Waals surface area contributed by atoms with Gasteiger partial charge >= 0.3 is 0 Å². The molecule has 133 valence electrons. The van der Waals surface area contributed by atoms with Gasteiger partial charge in [-0.05, 0) is 23.9 Å². The Labute approximate surface area is 162 Å². The Kier molecular flexibility index (Phi) is 7.26. The second-order valence-corrected chi connectivity index (χ2v) is 4.89. The van der Waals surface area contributed by atoms with Gasteiger partial charge in [0.15, 0.2) is 0 Å². The molecule has 4 rings (SSSR count). The number of hydrogen-bond donors (Lipinski definition) is 0. The summed E-state index contributed by atoms with van der Waals surface area (Å²) < 4.78 is 25.8. The van der Waals surface area contributed by atoms with Crippen molar-refractivity contribution in [1.82, 2.24) is 20.2 Å². The Balaban J connectivity index is 0.000000184. The summed E-state index contributed by atoms with van der Waals surface area (Å²) in [6, 6.07) is 17.1. The molecule has 0 saturated carbocycles. The summed E-state index contributed by atoms with van der Waals surface area (Å²) in [6.07, 6.45) is 4.94. The van der Waals surface area contributed by atoms with E-state index in [0.717, 1.165) is 23.5 Å². The third-order valence-electron chi connectivity index (χ3n) is 3.17. The van der Waals surface area contributed by atoms with E-state index in [1.165, 1.54) is 0 Å². The number of halogens is 2. The maximum atomic E-state index is 13.2. The third kappa shape index (κ3) is 5.12. The van der Waals surface area contributed by atoms with E-state index in [9.17, 15) is 8.78 Å². The molecule has 0 spiro atoms. The van der Waals surface area contributed by atoms with Gasteiger partial charge in [-0.1, -0.05) is 41.6 Å². The first-order valence-corrected chi connectivity index (χ1v) is 7.38. The van der Waals surface area contributed by atoms with Crippen LogP contribution in [0, 0.1) is 17.7 Å². The molecule has 7 heteroatoms. The average molecular weight is 527 g/mol. The fraction of sp³-hybridized carbons (Fsp3) is 0. The number of benzene rings is 1. The predicted molar refractivity (Wildman–Crippen MR) is 89.2 cm³/mol. The number of aromatic nitrogens is 4. The summed E-state index contributed by atoms with van der Waals surface area (Å²) in [4.78, 5) is 8.06. The standard InChI is InChI=1S/C11H6F2N.C8H6N3.Ir/c12-8-4-5-9(10(13)7-8)11-3-1-2-6-14-11;1-2-5-9-7(3-1)8-4-6-10-11-8;/h1-4,6-7H;1-6H;/q2*-1;. The van der Waals surface area contributed by atoms with Gasteiger partial charge in [0.25, 0.3) is 0 Å². The van der Waals surface area contributed by atoms with Gasteiger partial charge in [-0.3, -0.25) is 13.8 Å². The van der Waals surface area contributed by atoms with Crippen molar-refractivity contribution < 1.29 is 28.9 Å². The van der Waals surface area contributed by atoms with Gasteiger partial charge in [0.05, 0.1) is 0 Å². The molecule has 0 bridgehead atoms. The first-order chi connectivity index (χ1) is 12.2. The summed E-state index contributed by atoms with van der Waals surface area (Å²) in [5.41, 5.74) is 2.33. The van der Waals surface area contributed by atoms with Crippen molar-refractivity contribution in [3.8, 4) is 22.6 Å². The molecule has 4 nitrogen and oxygen atoms in total. The van der Waals surface area contributed by atoms with Gasteiger partial charge in [-0.25, -0.2) is 0 Å². The summed E-state index contributed by atoms with van der Waals surface area (Å²) in [5, 5.41) is 7.58. The first-order valence-electron chi connectivity index (χ1n) is 7.38. The van der Waals surface area contributed by atoms with Crippen molar-refractivity contribution in [2.45, 2.75) is 0 Å². The maximum Gasteiger partial charge on any atom is 0.0493 e. The van der Waals surface area contributed by atoms with Crippen LogP contribution >= 0.6 is 0 Å². The summed E-state index contributed by atoms with van der Waals surface area (Å²) in [6.45, 7) is 0. The summed E-state index contributed by atoms with van der Waals surface area (Å²) in [5.74, 6) is -1.29. The van der Waals surface area contributed by atoms with Gasteiger partial charge in [0.2, 0.25) is 0 Å². The zero-order chi connectivity index (χ0) is 17.5. The molecule has 3 heterocycles. The van der Waals surface area contributed by atoms with Gasteiger partial charge in [0.1, 0.15) is 0 Å². The third-order valence-corrected chi connectivity index (χ3v) is 3.17. The second-order valence-electron chi connectivity index (χ2n) is 4.89. The molecule has 0 unspecified atom stereocenters.